The lowest BCUT2D eigenvalue weighted by Gasteiger charge is -2.49. The molecule has 7 nitrogen and oxygen atoms in total. The van der Waals surface area contributed by atoms with Gasteiger partial charge in [-0.2, -0.15) is 5.10 Å². The molecule has 6 rings (SSSR count). The van der Waals surface area contributed by atoms with Crippen LogP contribution in [-0.4, -0.2) is 70.9 Å². The number of fused-ring (bicyclic) bond motifs is 7. The first-order chi connectivity index (χ1) is 15.9. The number of hydrogen-bond donors (Lipinski definition) is 3. The Morgan fingerprint density at radius 3 is 2.91 bits per heavy atom. The van der Waals surface area contributed by atoms with Gasteiger partial charge in [0.1, 0.15) is 5.75 Å². The van der Waals surface area contributed by atoms with Crippen molar-refractivity contribution in [2.75, 3.05) is 39.9 Å². The van der Waals surface area contributed by atoms with E-state index in [1.165, 1.54) is 16.8 Å². The Hall–Kier alpha value is -2.38. The highest BCUT2D eigenvalue weighted by molar-refractivity contribution is 5.94. The van der Waals surface area contributed by atoms with Gasteiger partial charge in [-0.15, -0.1) is 0 Å². The molecule has 1 amide bonds. The lowest BCUT2D eigenvalue weighted by Crippen LogP contribution is -2.48. The Bertz CT molecular complexity index is 1070. The number of phenolic OH excluding ortho intramolecular Hbond substituents is 1. The SMILES string of the molecule is CN1CCN(CNC(=O)c2n[nH]c3c2CC2C4CCc5cc(O)ccc5C4CC[C@]32C)CC1. The third kappa shape index (κ3) is 3.39. The normalized spacial score (nSPS) is 31.4. The number of benzene rings is 1. The van der Waals surface area contributed by atoms with E-state index in [-0.39, 0.29) is 11.3 Å². The fraction of sp³-hybridized carbons (Fsp3) is 0.615. The molecule has 3 aliphatic carbocycles. The lowest BCUT2D eigenvalue weighted by atomic mass is 9.55. The van der Waals surface area contributed by atoms with E-state index >= 15 is 0 Å². The average molecular weight is 450 g/mol. The van der Waals surface area contributed by atoms with Gasteiger partial charge < -0.3 is 15.3 Å². The number of aromatic nitrogens is 2. The maximum atomic E-state index is 13.1. The predicted octanol–water partition coefficient (Wildman–Crippen LogP) is 2.62. The zero-order valence-corrected chi connectivity index (χ0v) is 19.7. The van der Waals surface area contributed by atoms with E-state index in [2.05, 4.69) is 45.4 Å². The number of nitrogens with zero attached hydrogens (tertiary/aromatic N) is 3. The largest absolute Gasteiger partial charge is 0.508 e. The minimum absolute atomic E-state index is 0.0466. The molecule has 2 heterocycles. The Morgan fingerprint density at radius 1 is 1.27 bits per heavy atom. The Balaban J connectivity index is 1.20. The molecule has 4 atom stereocenters. The Morgan fingerprint density at radius 2 is 2.09 bits per heavy atom. The van der Waals surface area contributed by atoms with Crippen LogP contribution in [0.15, 0.2) is 18.2 Å². The number of likely N-dealkylation sites (N-methyl/N-ethyl adjacent to an activating group) is 1. The number of aryl methyl sites for hydroxylation is 1. The van der Waals surface area contributed by atoms with Crippen LogP contribution in [0.5, 0.6) is 5.75 Å². The van der Waals surface area contributed by atoms with Crippen LogP contribution in [0.4, 0.5) is 0 Å². The molecule has 0 bridgehead atoms. The van der Waals surface area contributed by atoms with Gasteiger partial charge in [0.15, 0.2) is 5.69 Å². The van der Waals surface area contributed by atoms with Gasteiger partial charge >= 0.3 is 0 Å². The van der Waals surface area contributed by atoms with Crippen molar-refractivity contribution in [3.8, 4) is 5.75 Å². The molecule has 3 N–H and O–H groups in total. The molecular formula is C26H35N5O2. The first-order valence-electron chi connectivity index (χ1n) is 12.5. The second-order valence-corrected chi connectivity index (χ2v) is 11.0. The standard InChI is InChI=1S/C26H35N5O2/c1-26-8-7-19-18-6-4-17(32)13-16(18)3-5-20(19)22(26)14-21-23(28-29-24(21)26)25(33)27-15-31-11-9-30(2)10-12-31/h4,6,13,19-20,22,32H,3,5,7-12,14-15H2,1-2H3,(H,27,33)(H,28,29)/t19?,20?,22?,26-/m0/s1. The van der Waals surface area contributed by atoms with Crippen LogP contribution in [0, 0.1) is 11.8 Å². The number of rotatable bonds is 3. The van der Waals surface area contributed by atoms with Gasteiger partial charge in [0.25, 0.3) is 5.91 Å². The van der Waals surface area contributed by atoms with E-state index in [4.69, 9.17) is 0 Å². The first-order valence-corrected chi connectivity index (χ1v) is 12.5. The number of phenols is 1. The molecule has 1 aromatic carbocycles. The summed E-state index contributed by atoms with van der Waals surface area (Å²) < 4.78 is 0. The van der Waals surface area contributed by atoms with Gasteiger partial charge in [0, 0.05) is 42.9 Å². The number of aromatic hydroxyl groups is 1. The summed E-state index contributed by atoms with van der Waals surface area (Å²) in [5, 5.41) is 20.9. The highest BCUT2D eigenvalue weighted by Crippen LogP contribution is 2.60. The van der Waals surface area contributed by atoms with Crippen molar-refractivity contribution >= 4 is 5.91 Å². The molecule has 0 spiro atoms. The number of nitrogens with one attached hydrogen (secondary N) is 2. The number of aromatic amines is 1. The summed E-state index contributed by atoms with van der Waals surface area (Å²) in [6.07, 6.45) is 5.38. The highest BCUT2D eigenvalue weighted by Gasteiger charge is 2.54. The lowest BCUT2D eigenvalue weighted by molar-refractivity contribution is 0.0880. The van der Waals surface area contributed by atoms with Gasteiger partial charge in [-0.1, -0.05) is 13.0 Å². The van der Waals surface area contributed by atoms with E-state index < -0.39 is 0 Å². The molecule has 176 valence electrons. The van der Waals surface area contributed by atoms with Crippen LogP contribution in [0.2, 0.25) is 0 Å². The summed E-state index contributed by atoms with van der Waals surface area (Å²) in [5.41, 5.74) is 5.77. The summed E-state index contributed by atoms with van der Waals surface area (Å²) in [6.45, 7) is 7.02. The molecule has 4 aliphatic rings. The number of piperazine rings is 1. The molecule has 1 saturated heterocycles. The Kier molecular flexibility index (Phi) is 5.03. The summed E-state index contributed by atoms with van der Waals surface area (Å²) in [5.74, 6) is 2.03. The molecular weight excluding hydrogens is 414 g/mol. The highest BCUT2D eigenvalue weighted by atomic mass is 16.3. The van der Waals surface area contributed by atoms with Crippen LogP contribution in [0.25, 0.3) is 0 Å². The monoisotopic (exact) mass is 449 g/mol. The molecule has 1 aromatic heterocycles. The van der Waals surface area contributed by atoms with Crippen LogP contribution in [0.3, 0.4) is 0 Å². The van der Waals surface area contributed by atoms with Crippen molar-refractivity contribution in [2.45, 2.75) is 50.4 Å². The Labute approximate surface area is 195 Å². The van der Waals surface area contributed by atoms with Crippen LogP contribution < -0.4 is 5.32 Å². The maximum Gasteiger partial charge on any atom is 0.273 e. The second-order valence-electron chi connectivity index (χ2n) is 11.0. The molecule has 1 aliphatic heterocycles. The fourth-order valence-corrected chi connectivity index (χ4v) is 7.29. The van der Waals surface area contributed by atoms with E-state index in [0.29, 0.717) is 35.9 Å². The minimum atomic E-state index is -0.0466. The summed E-state index contributed by atoms with van der Waals surface area (Å²) in [4.78, 5) is 17.7. The van der Waals surface area contributed by atoms with Crippen molar-refractivity contribution in [1.82, 2.24) is 25.3 Å². The van der Waals surface area contributed by atoms with Gasteiger partial charge in [-0.25, -0.2) is 0 Å². The van der Waals surface area contributed by atoms with E-state index in [1.807, 2.05) is 12.1 Å². The van der Waals surface area contributed by atoms with Gasteiger partial charge in [0.2, 0.25) is 0 Å². The van der Waals surface area contributed by atoms with E-state index in [0.717, 1.165) is 63.8 Å². The minimum Gasteiger partial charge on any atom is -0.508 e. The third-order valence-electron chi connectivity index (χ3n) is 9.24. The fourth-order valence-electron chi connectivity index (χ4n) is 7.29. The average Bonchev–Trinajstić information content (AvgIpc) is 3.36. The van der Waals surface area contributed by atoms with Crippen LogP contribution in [-0.2, 0) is 18.3 Å². The summed E-state index contributed by atoms with van der Waals surface area (Å²) in [7, 11) is 2.14. The van der Waals surface area contributed by atoms with Crippen molar-refractivity contribution < 1.29 is 9.90 Å². The first kappa shape index (κ1) is 21.2. The van der Waals surface area contributed by atoms with E-state index in [9.17, 15) is 9.90 Å². The van der Waals surface area contributed by atoms with Crippen molar-refractivity contribution in [1.29, 1.82) is 0 Å². The quantitative estimate of drug-likeness (QED) is 0.671. The molecule has 2 aromatic rings. The van der Waals surface area contributed by atoms with Gasteiger partial charge in [0.05, 0.1) is 6.67 Å². The number of carbonyl (C=O) groups excluding carboxylic acids is 1. The number of carbonyl (C=O) groups is 1. The predicted molar refractivity (Wildman–Crippen MR) is 126 cm³/mol. The zero-order valence-electron chi connectivity index (χ0n) is 19.7. The summed E-state index contributed by atoms with van der Waals surface area (Å²) in [6, 6.07) is 5.96. The molecule has 7 heteroatoms. The van der Waals surface area contributed by atoms with Crippen LogP contribution in [0.1, 0.15) is 65.0 Å². The number of H-pyrrole nitrogens is 1. The molecule has 2 fully saturated rings. The molecule has 0 radical (unpaired) electrons. The van der Waals surface area contributed by atoms with Gasteiger partial charge in [-0.3, -0.25) is 14.8 Å². The molecule has 33 heavy (non-hydrogen) atoms. The number of hydrogen-bond acceptors (Lipinski definition) is 5. The second kappa shape index (κ2) is 7.84. The molecule has 1 saturated carbocycles. The van der Waals surface area contributed by atoms with Crippen molar-refractivity contribution in [3.05, 3.63) is 46.3 Å². The molecule has 3 unspecified atom stereocenters. The summed E-state index contributed by atoms with van der Waals surface area (Å²) >= 11 is 0. The zero-order chi connectivity index (χ0) is 22.7. The van der Waals surface area contributed by atoms with Crippen molar-refractivity contribution in [3.63, 3.8) is 0 Å². The number of amides is 1. The van der Waals surface area contributed by atoms with Crippen molar-refractivity contribution in [2.24, 2.45) is 11.8 Å². The third-order valence-corrected chi connectivity index (χ3v) is 9.24. The smallest absolute Gasteiger partial charge is 0.273 e. The van der Waals surface area contributed by atoms with E-state index in [1.54, 1.807) is 0 Å². The van der Waals surface area contributed by atoms with Crippen LogP contribution >= 0.6 is 0 Å². The maximum absolute atomic E-state index is 13.1. The van der Waals surface area contributed by atoms with Gasteiger partial charge in [-0.05, 0) is 80.2 Å². The topological polar surface area (TPSA) is 84.5 Å².